The topological polar surface area (TPSA) is 58.6 Å². The molecule has 0 bridgehead atoms. The van der Waals surface area contributed by atoms with Crippen molar-refractivity contribution in [2.45, 2.75) is 31.9 Å². The Hall–Kier alpha value is -0.820. The van der Waals surface area contributed by atoms with Gasteiger partial charge in [-0.25, -0.2) is 4.79 Å². The molecule has 7 heteroatoms. The third-order valence-corrected chi connectivity index (χ3v) is 3.46. The molecular formula is C11H18F3NO3. The molecule has 0 radical (unpaired) electrons. The number of piperidine rings is 1. The minimum atomic E-state index is -5.08. The van der Waals surface area contributed by atoms with Crippen molar-refractivity contribution in [2.24, 2.45) is 5.41 Å². The average molecular weight is 269 g/mol. The molecule has 106 valence electrons. The average Bonchev–Trinajstić information content (AvgIpc) is 2.30. The van der Waals surface area contributed by atoms with Crippen LogP contribution in [0.4, 0.5) is 13.2 Å². The number of aliphatic carboxylic acids is 1. The maximum Gasteiger partial charge on any atom is 0.490 e. The van der Waals surface area contributed by atoms with E-state index in [1.807, 2.05) is 0 Å². The van der Waals surface area contributed by atoms with Crippen LogP contribution in [0.15, 0.2) is 0 Å². The largest absolute Gasteiger partial charge is 0.490 e. The fraction of sp³-hybridized carbons (Fsp3) is 0.909. The summed E-state index contributed by atoms with van der Waals surface area (Å²) >= 11 is 0. The smallest absolute Gasteiger partial charge is 0.475 e. The SMILES string of the molecule is C1CC2(CCN1)CCOCC2.O=C(O)C(F)(F)F. The fourth-order valence-corrected chi connectivity index (χ4v) is 2.26. The number of hydrogen-bond donors (Lipinski definition) is 2. The van der Waals surface area contributed by atoms with E-state index in [9.17, 15) is 13.2 Å². The molecule has 2 aliphatic rings. The lowest BCUT2D eigenvalue weighted by atomic mass is 9.73. The molecular weight excluding hydrogens is 251 g/mol. The lowest BCUT2D eigenvalue weighted by Gasteiger charge is -2.40. The van der Waals surface area contributed by atoms with Crippen LogP contribution in [0.1, 0.15) is 25.7 Å². The van der Waals surface area contributed by atoms with Gasteiger partial charge in [0.25, 0.3) is 0 Å². The van der Waals surface area contributed by atoms with Crippen LogP contribution < -0.4 is 5.32 Å². The van der Waals surface area contributed by atoms with Gasteiger partial charge in [0.2, 0.25) is 0 Å². The summed E-state index contributed by atoms with van der Waals surface area (Å²) in [6.07, 6.45) is 0.260. The highest BCUT2D eigenvalue weighted by Crippen LogP contribution is 2.38. The van der Waals surface area contributed by atoms with Crippen molar-refractivity contribution in [1.29, 1.82) is 0 Å². The van der Waals surface area contributed by atoms with Crippen LogP contribution in [0, 0.1) is 5.41 Å². The molecule has 0 aromatic heterocycles. The molecule has 18 heavy (non-hydrogen) atoms. The third-order valence-electron chi connectivity index (χ3n) is 3.46. The van der Waals surface area contributed by atoms with Crippen molar-refractivity contribution in [1.82, 2.24) is 5.32 Å². The molecule has 2 fully saturated rings. The molecule has 1 spiro atoms. The first kappa shape index (κ1) is 15.2. The van der Waals surface area contributed by atoms with E-state index in [1.54, 1.807) is 0 Å². The molecule has 2 rings (SSSR count). The molecule has 0 atom stereocenters. The second-order valence-corrected chi connectivity index (χ2v) is 4.67. The van der Waals surface area contributed by atoms with Crippen LogP contribution in [0.2, 0.25) is 0 Å². The zero-order valence-electron chi connectivity index (χ0n) is 10.1. The number of rotatable bonds is 0. The zero-order chi connectivity index (χ0) is 13.6. The van der Waals surface area contributed by atoms with E-state index in [-0.39, 0.29) is 0 Å². The monoisotopic (exact) mass is 269 g/mol. The van der Waals surface area contributed by atoms with Crippen LogP contribution in [0.25, 0.3) is 0 Å². The predicted molar refractivity (Wildman–Crippen MR) is 58.3 cm³/mol. The van der Waals surface area contributed by atoms with Crippen molar-refractivity contribution in [3.8, 4) is 0 Å². The second-order valence-electron chi connectivity index (χ2n) is 4.67. The van der Waals surface area contributed by atoms with Crippen LogP contribution in [-0.4, -0.2) is 43.6 Å². The summed E-state index contributed by atoms with van der Waals surface area (Å²) in [5.74, 6) is -2.76. The molecule has 2 heterocycles. The van der Waals surface area contributed by atoms with Gasteiger partial charge in [-0.15, -0.1) is 0 Å². The Morgan fingerprint density at radius 2 is 1.56 bits per heavy atom. The van der Waals surface area contributed by atoms with Gasteiger partial charge in [-0.3, -0.25) is 0 Å². The van der Waals surface area contributed by atoms with Gasteiger partial charge in [0.05, 0.1) is 0 Å². The molecule has 2 aliphatic heterocycles. The molecule has 0 aliphatic carbocycles. The second kappa shape index (κ2) is 6.38. The first-order valence-corrected chi connectivity index (χ1v) is 5.94. The van der Waals surface area contributed by atoms with Gasteiger partial charge in [-0.05, 0) is 44.2 Å². The van der Waals surface area contributed by atoms with Crippen LogP contribution in [0.5, 0.6) is 0 Å². The predicted octanol–water partition coefficient (Wildman–Crippen LogP) is 1.80. The van der Waals surface area contributed by atoms with Crippen molar-refractivity contribution in [3.05, 3.63) is 0 Å². The number of hydrogen-bond acceptors (Lipinski definition) is 3. The Kier molecular flexibility index (Phi) is 5.40. The molecule has 0 unspecified atom stereocenters. The van der Waals surface area contributed by atoms with E-state index in [0.717, 1.165) is 13.2 Å². The van der Waals surface area contributed by atoms with Crippen molar-refractivity contribution >= 4 is 5.97 Å². The quantitative estimate of drug-likeness (QED) is 0.704. The maximum atomic E-state index is 10.6. The minimum absolute atomic E-state index is 0.670. The Labute approximate surface area is 103 Å². The Morgan fingerprint density at radius 3 is 1.94 bits per heavy atom. The van der Waals surface area contributed by atoms with Gasteiger partial charge in [0.15, 0.2) is 0 Å². The molecule has 0 amide bonds. The third kappa shape index (κ3) is 4.81. The van der Waals surface area contributed by atoms with Gasteiger partial charge in [-0.1, -0.05) is 0 Å². The van der Waals surface area contributed by atoms with Gasteiger partial charge < -0.3 is 15.2 Å². The van der Waals surface area contributed by atoms with Crippen molar-refractivity contribution in [2.75, 3.05) is 26.3 Å². The summed E-state index contributed by atoms with van der Waals surface area (Å²) in [5, 5.41) is 10.5. The maximum absolute atomic E-state index is 10.6. The highest BCUT2D eigenvalue weighted by Gasteiger charge is 2.38. The van der Waals surface area contributed by atoms with Crippen LogP contribution >= 0.6 is 0 Å². The first-order valence-electron chi connectivity index (χ1n) is 5.94. The molecule has 0 saturated carbocycles. The van der Waals surface area contributed by atoms with E-state index in [1.165, 1.54) is 38.8 Å². The molecule has 0 aromatic rings. The highest BCUT2D eigenvalue weighted by molar-refractivity contribution is 5.73. The van der Waals surface area contributed by atoms with E-state index >= 15 is 0 Å². The van der Waals surface area contributed by atoms with Gasteiger partial charge >= 0.3 is 12.1 Å². The molecule has 2 N–H and O–H groups in total. The Balaban J connectivity index is 0.000000203. The molecule has 0 aromatic carbocycles. The first-order chi connectivity index (χ1) is 8.36. The summed E-state index contributed by atoms with van der Waals surface area (Å²) in [4.78, 5) is 8.90. The lowest BCUT2D eigenvalue weighted by Crippen LogP contribution is -2.40. The number of carbonyl (C=O) groups is 1. The van der Waals surface area contributed by atoms with Gasteiger partial charge in [0, 0.05) is 13.2 Å². The number of carboxylic acid groups (broad SMARTS) is 1. The standard InChI is InChI=1S/C9H17NO.C2HF3O2/c1-5-10-6-2-9(1)3-7-11-8-4-9;3-2(4,5)1(6)7/h10H,1-8H2;(H,6,7). The molecule has 4 nitrogen and oxygen atoms in total. The zero-order valence-corrected chi connectivity index (χ0v) is 10.1. The lowest BCUT2D eigenvalue weighted by molar-refractivity contribution is -0.192. The number of alkyl halides is 3. The van der Waals surface area contributed by atoms with E-state index in [0.29, 0.717) is 5.41 Å². The van der Waals surface area contributed by atoms with Gasteiger partial charge in [0.1, 0.15) is 0 Å². The van der Waals surface area contributed by atoms with E-state index in [4.69, 9.17) is 14.6 Å². The van der Waals surface area contributed by atoms with Crippen LogP contribution in [-0.2, 0) is 9.53 Å². The Morgan fingerprint density at radius 1 is 1.11 bits per heavy atom. The minimum Gasteiger partial charge on any atom is -0.475 e. The van der Waals surface area contributed by atoms with Crippen molar-refractivity contribution in [3.63, 3.8) is 0 Å². The normalized spacial score (nSPS) is 23.1. The number of ether oxygens (including phenoxy) is 1. The van der Waals surface area contributed by atoms with E-state index < -0.39 is 12.1 Å². The van der Waals surface area contributed by atoms with E-state index in [2.05, 4.69) is 5.32 Å². The Bertz CT molecular complexity index is 250. The van der Waals surface area contributed by atoms with Crippen LogP contribution in [0.3, 0.4) is 0 Å². The fourth-order valence-electron chi connectivity index (χ4n) is 2.26. The highest BCUT2D eigenvalue weighted by atomic mass is 19.4. The summed E-state index contributed by atoms with van der Waals surface area (Å²) in [6.45, 7) is 4.44. The summed E-state index contributed by atoms with van der Waals surface area (Å²) in [6, 6.07) is 0. The molecule has 2 saturated heterocycles. The summed E-state index contributed by atoms with van der Waals surface area (Å²) in [5.41, 5.74) is 0.670. The number of nitrogens with one attached hydrogen (secondary N) is 1. The summed E-state index contributed by atoms with van der Waals surface area (Å²) < 4.78 is 37.1. The summed E-state index contributed by atoms with van der Waals surface area (Å²) in [7, 11) is 0. The number of halogens is 3. The number of carboxylic acids is 1. The van der Waals surface area contributed by atoms with Crippen molar-refractivity contribution < 1.29 is 27.8 Å². The van der Waals surface area contributed by atoms with Gasteiger partial charge in [-0.2, -0.15) is 13.2 Å².